The summed E-state index contributed by atoms with van der Waals surface area (Å²) >= 11 is 5.99. The highest BCUT2D eigenvalue weighted by Gasteiger charge is 2.06. The smallest absolute Gasteiger partial charge is 0.157 e. The van der Waals surface area contributed by atoms with Crippen molar-refractivity contribution >= 4 is 11.6 Å². The highest BCUT2D eigenvalue weighted by atomic mass is 35.5. The molecule has 0 fully saturated rings. The molecule has 5 nitrogen and oxygen atoms in total. The van der Waals surface area contributed by atoms with E-state index in [-0.39, 0.29) is 24.2 Å². The number of hydrogen-bond donors (Lipinski definition) is 0. The number of halogens is 1. The lowest BCUT2D eigenvalue weighted by atomic mass is 10.1. The molecule has 0 saturated heterocycles. The molecule has 0 saturated carbocycles. The SMILES string of the molecule is [2H]c1nn(-c2cc(-c3cc(Cl)cc(C#N)c3)ncn2)c([2H])c1[2H]. The zero-order chi connectivity index (χ0) is 16.6. The molecule has 96 valence electrons. The van der Waals surface area contributed by atoms with Crippen molar-refractivity contribution in [1.82, 2.24) is 19.7 Å². The van der Waals surface area contributed by atoms with Gasteiger partial charge in [-0.05, 0) is 24.2 Å². The molecule has 0 spiro atoms. The van der Waals surface area contributed by atoms with Crippen LogP contribution in [0.1, 0.15) is 9.68 Å². The fraction of sp³-hybridized carbons (Fsp3) is 0. The van der Waals surface area contributed by atoms with Gasteiger partial charge in [0.1, 0.15) is 6.33 Å². The van der Waals surface area contributed by atoms with Crippen molar-refractivity contribution in [2.24, 2.45) is 0 Å². The summed E-state index contributed by atoms with van der Waals surface area (Å²) in [6, 6.07) is 8.13. The van der Waals surface area contributed by atoms with Gasteiger partial charge in [0.2, 0.25) is 0 Å². The lowest BCUT2D eigenvalue weighted by molar-refractivity contribution is 0.840. The second-order valence-electron chi connectivity index (χ2n) is 3.86. The van der Waals surface area contributed by atoms with Gasteiger partial charge in [-0.3, -0.25) is 0 Å². The third-order valence-corrected chi connectivity index (χ3v) is 2.78. The van der Waals surface area contributed by atoms with E-state index in [1.807, 2.05) is 6.07 Å². The monoisotopic (exact) mass is 284 g/mol. The summed E-state index contributed by atoms with van der Waals surface area (Å²) in [6.45, 7) is 0. The third kappa shape index (κ3) is 2.37. The Hall–Kier alpha value is -2.71. The molecule has 0 aliphatic heterocycles. The summed E-state index contributed by atoms with van der Waals surface area (Å²) in [4.78, 5) is 8.16. The topological polar surface area (TPSA) is 67.4 Å². The molecule has 3 rings (SSSR count). The molecule has 0 bridgehead atoms. The zero-order valence-electron chi connectivity index (χ0n) is 13.0. The summed E-state index contributed by atoms with van der Waals surface area (Å²) in [6.07, 6.45) is 0.750. The van der Waals surface area contributed by atoms with Gasteiger partial charge in [-0.25, -0.2) is 14.6 Å². The Balaban J connectivity index is 2.12. The fourth-order valence-corrected chi connectivity index (χ4v) is 1.94. The molecule has 0 N–H and O–H groups in total. The maximum Gasteiger partial charge on any atom is 0.157 e. The van der Waals surface area contributed by atoms with Crippen LogP contribution in [0.2, 0.25) is 5.02 Å². The normalized spacial score (nSPS) is 12.3. The molecule has 0 amide bonds. The van der Waals surface area contributed by atoms with Crippen LogP contribution in [0, 0.1) is 11.3 Å². The van der Waals surface area contributed by atoms with E-state index in [0.717, 1.165) is 4.68 Å². The van der Waals surface area contributed by atoms with Crippen LogP contribution in [0.25, 0.3) is 17.1 Å². The van der Waals surface area contributed by atoms with E-state index in [1.165, 1.54) is 6.33 Å². The number of hydrogen-bond acceptors (Lipinski definition) is 4. The molecule has 0 unspecified atom stereocenters. The molecule has 0 aliphatic rings. The molecule has 0 radical (unpaired) electrons. The maximum absolute atomic E-state index is 9.01. The minimum Gasteiger partial charge on any atom is -0.236 e. The Bertz CT molecular complexity index is 948. The van der Waals surface area contributed by atoms with Gasteiger partial charge in [-0.1, -0.05) is 11.6 Å². The van der Waals surface area contributed by atoms with Gasteiger partial charge in [0.25, 0.3) is 0 Å². The first-order valence-electron chi connectivity index (χ1n) is 7.06. The highest BCUT2D eigenvalue weighted by Crippen LogP contribution is 2.23. The second kappa shape index (κ2) is 5.11. The first kappa shape index (κ1) is 9.23. The minimum absolute atomic E-state index is 0.233. The first-order chi connectivity index (χ1) is 11.0. The van der Waals surface area contributed by atoms with E-state index in [9.17, 15) is 0 Å². The molecule has 2 heterocycles. The lowest BCUT2D eigenvalue weighted by Gasteiger charge is -2.05. The maximum atomic E-state index is 9.01. The van der Waals surface area contributed by atoms with Crippen molar-refractivity contribution in [3.63, 3.8) is 0 Å². The number of benzene rings is 1. The van der Waals surface area contributed by atoms with Gasteiger partial charge in [0.15, 0.2) is 5.82 Å². The van der Waals surface area contributed by atoms with Crippen molar-refractivity contribution in [2.45, 2.75) is 0 Å². The molecular formula is C14H8ClN5. The molecule has 20 heavy (non-hydrogen) atoms. The predicted molar refractivity (Wildman–Crippen MR) is 74.3 cm³/mol. The largest absolute Gasteiger partial charge is 0.236 e. The fourth-order valence-electron chi connectivity index (χ4n) is 1.71. The van der Waals surface area contributed by atoms with Crippen LogP contribution in [0.4, 0.5) is 0 Å². The lowest BCUT2D eigenvalue weighted by Crippen LogP contribution is -1.99. The molecule has 2 aromatic heterocycles. The van der Waals surface area contributed by atoms with Gasteiger partial charge >= 0.3 is 0 Å². The van der Waals surface area contributed by atoms with E-state index in [1.54, 1.807) is 24.3 Å². The Morgan fingerprint density at radius 1 is 1.25 bits per heavy atom. The van der Waals surface area contributed by atoms with Crippen LogP contribution >= 0.6 is 11.6 Å². The molecule has 1 aromatic carbocycles. The van der Waals surface area contributed by atoms with Gasteiger partial charge in [-0.15, -0.1) is 0 Å². The summed E-state index contributed by atoms with van der Waals surface area (Å²) in [7, 11) is 0. The number of nitrogens with zero attached hydrogens (tertiary/aromatic N) is 5. The van der Waals surface area contributed by atoms with Crippen molar-refractivity contribution < 1.29 is 4.11 Å². The van der Waals surface area contributed by atoms with Crippen molar-refractivity contribution in [3.8, 4) is 23.1 Å². The average molecular weight is 285 g/mol. The van der Waals surface area contributed by atoms with Crippen molar-refractivity contribution in [1.29, 1.82) is 5.26 Å². The summed E-state index contributed by atoms with van der Waals surface area (Å²) in [5.41, 5.74) is 1.50. The first-order valence-corrected chi connectivity index (χ1v) is 5.93. The van der Waals surface area contributed by atoms with Gasteiger partial charge in [0, 0.05) is 29.0 Å². The summed E-state index contributed by atoms with van der Waals surface area (Å²) in [5, 5.41) is 13.2. The number of aromatic nitrogens is 4. The van der Waals surface area contributed by atoms with E-state index in [0.29, 0.717) is 21.8 Å². The zero-order valence-corrected chi connectivity index (χ0v) is 10.8. The standard InChI is InChI=1S/C14H8ClN5/c15-12-5-10(8-16)4-11(6-12)13-7-14(18-9-17-13)20-3-1-2-19-20/h1-7,9H/i1D,2D,3D. The molecular weight excluding hydrogens is 274 g/mol. The van der Waals surface area contributed by atoms with Crippen LogP contribution in [0.15, 0.2) is 49.0 Å². The van der Waals surface area contributed by atoms with Crippen LogP contribution < -0.4 is 0 Å². The summed E-state index contributed by atoms with van der Waals surface area (Å²) in [5.74, 6) is 0.255. The second-order valence-corrected chi connectivity index (χ2v) is 4.30. The van der Waals surface area contributed by atoms with Gasteiger partial charge < -0.3 is 0 Å². The van der Waals surface area contributed by atoms with Crippen molar-refractivity contribution in [3.05, 3.63) is 59.6 Å². The Labute approximate surface area is 124 Å². The van der Waals surface area contributed by atoms with Crippen LogP contribution in [0.3, 0.4) is 0 Å². The van der Waals surface area contributed by atoms with E-state index >= 15 is 0 Å². The van der Waals surface area contributed by atoms with Crippen LogP contribution in [0.5, 0.6) is 0 Å². The molecule has 0 atom stereocenters. The van der Waals surface area contributed by atoms with E-state index < -0.39 is 0 Å². The molecule has 6 heteroatoms. The van der Waals surface area contributed by atoms with E-state index in [2.05, 4.69) is 15.1 Å². The Morgan fingerprint density at radius 3 is 2.90 bits per heavy atom. The highest BCUT2D eigenvalue weighted by molar-refractivity contribution is 6.31. The molecule has 0 aliphatic carbocycles. The third-order valence-electron chi connectivity index (χ3n) is 2.56. The predicted octanol–water partition coefficient (Wildman–Crippen LogP) is 2.85. The van der Waals surface area contributed by atoms with Gasteiger partial charge in [-0.2, -0.15) is 10.4 Å². The summed E-state index contributed by atoms with van der Waals surface area (Å²) < 4.78 is 23.9. The van der Waals surface area contributed by atoms with Crippen molar-refractivity contribution in [2.75, 3.05) is 0 Å². The molecule has 3 aromatic rings. The quantitative estimate of drug-likeness (QED) is 0.726. The number of nitriles is 1. The number of rotatable bonds is 2. The van der Waals surface area contributed by atoms with Gasteiger partial charge in [0.05, 0.1) is 21.4 Å². The van der Waals surface area contributed by atoms with E-state index in [4.69, 9.17) is 21.0 Å². The Morgan fingerprint density at radius 2 is 2.15 bits per heavy atom. The average Bonchev–Trinajstić information content (AvgIpc) is 2.82. The van der Waals surface area contributed by atoms with Crippen LogP contribution in [-0.4, -0.2) is 19.7 Å². The Kier molecular flexibility index (Phi) is 2.36. The minimum atomic E-state index is -0.301. The van der Waals surface area contributed by atoms with Crippen LogP contribution in [-0.2, 0) is 0 Å².